The Balaban J connectivity index is 1.43. The normalized spacial score (nSPS) is 16.9. The highest BCUT2D eigenvalue weighted by Gasteiger charge is 2.25. The van der Waals surface area contributed by atoms with E-state index >= 15 is 0 Å². The van der Waals surface area contributed by atoms with Crippen molar-refractivity contribution < 1.29 is 9.32 Å². The van der Waals surface area contributed by atoms with E-state index in [1.807, 2.05) is 53.1 Å². The second-order valence-corrected chi connectivity index (χ2v) is 9.53. The maximum atomic E-state index is 13.2. The number of carbonyl (C=O) groups is 1. The van der Waals surface area contributed by atoms with E-state index in [0.717, 1.165) is 47.5 Å². The molecule has 1 fully saturated rings. The van der Waals surface area contributed by atoms with E-state index in [2.05, 4.69) is 22.3 Å². The average molecular weight is 455 g/mol. The van der Waals surface area contributed by atoms with E-state index in [0.29, 0.717) is 22.3 Å². The molecule has 3 aromatic heterocycles. The van der Waals surface area contributed by atoms with Crippen molar-refractivity contribution in [3.8, 4) is 10.6 Å². The summed E-state index contributed by atoms with van der Waals surface area (Å²) in [5.41, 5.74) is 2.39. The number of amides is 1. The van der Waals surface area contributed by atoms with Crippen LogP contribution >= 0.6 is 22.9 Å². The molecule has 0 spiro atoms. The molecular weight excluding hydrogens is 432 g/mol. The van der Waals surface area contributed by atoms with Gasteiger partial charge >= 0.3 is 0 Å². The van der Waals surface area contributed by atoms with Crippen LogP contribution < -0.4 is 5.32 Å². The van der Waals surface area contributed by atoms with Gasteiger partial charge in [-0.25, -0.2) is 0 Å². The number of thiophene rings is 1. The molecule has 1 aliphatic heterocycles. The van der Waals surface area contributed by atoms with Crippen LogP contribution in [0.5, 0.6) is 0 Å². The number of nitrogens with one attached hydrogen (secondary N) is 1. The van der Waals surface area contributed by atoms with Crippen LogP contribution in [0.4, 0.5) is 0 Å². The second-order valence-electron chi connectivity index (χ2n) is 7.81. The predicted molar refractivity (Wildman–Crippen MR) is 124 cm³/mol. The fraction of sp³-hybridized carbons (Fsp3) is 0.304. The largest absolute Gasteiger partial charge is 0.355 e. The summed E-state index contributed by atoms with van der Waals surface area (Å²) in [5, 5.41) is 8.49. The van der Waals surface area contributed by atoms with Gasteiger partial charge in [0.25, 0.3) is 5.91 Å². The summed E-state index contributed by atoms with van der Waals surface area (Å²) in [7, 11) is 0. The van der Waals surface area contributed by atoms with Gasteiger partial charge in [0.15, 0.2) is 5.76 Å². The first kappa shape index (κ1) is 20.3. The number of hydrogen-bond acceptors (Lipinski definition) is 5. The Labute approximate surface area is 189 Å². The minimum atomic E-state index is -0.0482. The van der Waals surface area contributed by atoms with Crippen molar-refractivity contribution in [2.24, 2.45) is 0 Å². The number of rotatable bonds is 6. The van der Waals surface area contributed by atoms with Crippen molar-refractivity contribution in [1.29, 1.82) is 0 Å². The molecule has 0 aliphatic carbocycles. The van der Waals surface area contributed by atoms with Gasteiger partial charge in [0.05, 0.1) is 15.8 Å². The zero-order valence-electron chi connectivity index (χ0n) is 17.2. The van der Waals surface area contributed by atoms with Crippen molar-refractivity contribution in [3.05, 3.63) is 64.3 Å². The van der Waals surface area contributed by atoms with Crippen LogP contribution in [0.2, 0.25) is 4.34 Å². The van der Waals surface area contributed by atoms with Crippen LogP contribution in [0.3, 0.4) is 0 Å². The highest BCUT2D eigenvalue weighted by molar-refractivity contribution is 7.19. The average Bonchev–Trinajstić information content (AvgIpc) is 3.55. The predicted octanol–water partition coefficient (Wildman–Crippen LogP) is 4.88. The van der Waals surface area contributed by atoms with E-state index in [4.69, 9.17) is 16.1 Å². The molecule has 0 bridgehead atoms. The van der Waals surface area contributed by atoms with Crippen molar-refractivity contribution in [3.63, 3.8) is 0 Å². The minimum absolute atomic E-state index is 0.0482. The molecule has 4 heterocycles. The summed E-state index contributed by atoms with van der Waals surface area (Å²) in [4.78, 5) is 16.5. The molecule has 5 rings (SSSR count). The van der Waals surface area contributed by atoms with Crippen molar-refractivity contribution in [2.75, 3.05) is 19.6 Å². The van der Waals surface area contributed by atoms with E-state index in [1.165, 1.54) is 11.3 Å². The number of aromatic nitrogens is 2. The Morgan fingerprint density at radius 2 is 2.16 bits per heavy atom. The summed E-state index contributed by atoms with van der Waals surface area (Å²) >= 11 is 7.50. The number of fused-ring (bicyclic) bond motifs is 1. The Morgan fingerprint density at radius 1 is 1.29 bits per heavy atom. The number of para-hydroxylation sites is 1. The molecule has 1 amide bonds. The Bertz CT molecular complexity index is 1230. The maximum Gasteiger partial charge on any atom is 0.268 e. The van der Waals surface area contributed by atoms with Gasteiger partial charge in [-0.2, -0.15) is 0 Å². The summed E-state index contributed by atoms with van der Waals surface area (Å²) in [5.74, 6) is 0.632. The van der Waals surface area contributed by atoms with E-state index in [1.54, 1.807) is 0 Å². The van der Waals surface area contributed by atoms with Gasteiger partial charge in [0.2, 0.25) is 0 Å². The van der Waals surface area contributed by atoms with E-state index in [9.17, 15) is 4.79 Å². The Kier molecular flexibility index (Phi) is 5.56. The summed E-state index contributed by atoms with van der Waals surface area (Å²) in [6.45, 7) is 5.54. The van der Waals surface area contributed by atoms with Gasteiger partial charge in [0, 0.05) is 36.1 Å². The van der Waals surface area contributed by atoms with Crippen LogP contribution in [0.15, 0.2) is 53.1 Å². The SMILES string of the molecule is CCN1CC[C@H](NC(=O)c2cc3ccccc3n2Cc2cc(-c3ccc(Cl)s3)on2)C1. The molecule has 31 heavy (non-hydrogen) atoms. The zero-order valence-corrected chi connectivity index (χ0v) is 18.7. The van der Waals surface area contributed by atoms with Crippen LogP contribution in [0.25, 0.3) is 21.5 Å². The third kappa shape index (κ3) is 4.13. The molecule has 1 aromatic carbocycles. The van der Waals surface area contributed by atoms with Gasteiger partial charge in [0.1, 0.15) is 11.4 Å². The third-order valence-electron chi connectivity index (χ3n) is 5.79. The molecule has 6 nitrogen and oxygen atoms in total. The highest BCUT2D eigenvalue weighted by Crippen LogP contribution is 2.32. The van der Waals surface area contributed by atoms with Gasteiger partial charge in [-0.1, -0.05) is 41.9 Å². The monoisotopic (exact) mass is 454 g/mol. The van der Waals surface area contributed by atoms with E-state index in [-0.39, 0.29) is 11.9 Å². The molecule has 0 unspecified atom stereocenters. The number of nitrogens with zero attached hydrogens (tertiary/aromatic N) is 3. The van der Waals surface area contributed by atoms with Crippen molar-refractivity contribution in [1.82, 2.24) is 19.9 Å². The van der Waals surface area contributed by atoms with Crippen LogP contribution in [-0.2, 0) is 6.54 Å². The molecule has 1 N–H and O–H groups in total. The first-order chi connectivity index (χ1) is 15.1. The summed E-state index contributed by atoms with van der Waals surface area (Å²) in [6.07, 6.45) is 0.982. The lowest BCUT2D eigenvalue weighted by molar-refractivity contribution is 0.0929. The van der Waals surface area contributed by atoms with Gasteiger partial charge < -0.3 is 19.3 Å². The van der Waals surface area contributed by atoms with Crippen LogP contribution in [-0.4, -0.2) is 46.2 Å². The quantitative estimate of drug-likeness (QED) is 0.451. The van der Waals surface area contributed by atoms with E-state index < -0.39 is 0 Å². The second kappa shape index (κ2) is 8.49. The topological polar surface area (TPSA) is 63.3 Å². The van der Waals surface area contributed by atoms with Crippen molar-refractivity contribution in [2.45, 2.75) is 25.9 Å². The molecule has 0 saturated carbocycles. The summed E-state index contributed by atoms with van der Waals surface area (Å²) in [6, 6.07) is 15.8. The summed E-state index contributed by atoms with van der Waals surface area (Å²) < 4.78 is 8.26. The van der Waals surface area contributed by atoms with Gasteiger partial charge in [-0.05, 0) is 37.2 Å². The lowest BCUT2D eigenvalue weighted by Gasteiger charge is -2.15. The Hall–Kier alpha value is -2.61. The first-order valence-electron chi connectivity index (χ1n) is 10.4. The molecule has 4 aromatic rings. The zero-order chi connectivity index (χ0) is 21.4. The molecule has 1 aliphatic rings. The molecule has 8 heteroatoms. The standard InChI is InChI=1S/C23H23ClN4O2S/c1-2-27-10-9-16(13-27)25-23(29)19-11-15-5-3-4-6-18(15)28(19)14-17-12-20(30-26-17)21-7-8-22(24)31-21/h3-8,11-12,16H,2,9-10,13-14H2,1H3,(H,25,29)/t16-/m0/s1. The molecule has 1 saturated heterocycles. The third-order valence-corrected chi connectivity index (χ3v) is 7.04. The van der Waals surface area contributed by atoms with Crippen molar-refractivity contribution >= 4 is 39.7 Å². The number of benzene rings is 1. The number of likely N-dealkylation sites (N-methyl/N-ethyl adjacent to an activating group) is 1. The molecule has 1 atom stereocenters. The molecule has 160 valence electrons. The van der Waals surface area contributed by atoms with Gasteiger partial charge in [-0.3, -0.25) is 4.79 Å². The lowest BCUT2D eigenvalue weighted by Crippen LogP contribution is -2.38. The number of carbonyl (C=O) groups excluding carboxylic acids is 1. The van der Waals surface area contributed by atoms with Crippen LogP contribution in [0.1, 0.15) is 29.5 Å². The fourth-order valence-corrected chi connectivity index (χ4v) is 5.17. The smallest absolute Gasteiger partial charge is 0.268 e. The molecule has 0 radical (unpaired) electrons. The first-order valence-corrected chi connectivity index (χ1v) is 11.6. The molecular formula is C23H23ClN4O2S. The minimum Gasteiger partial charge on any atom is -0.355 e. The maximum absolute atomic E-state index is 13.2. The van der Waals surface area contributed by atoms with Crippen LogP contribution in [0, 0.1) is 0 Å². The fourth-order valence-electron chi connectivity index (χ4n) is 4.18. The number of halogens is 1. The lowest BCUT2D eigenvalue weighted by atomic mass is 10.2. The highest BCUT2D eigenvalue weighted by atomic mass is 35.5. The number of hydrogen-bond donors (Lipinski definition) is 1. The Morgan fingerprint density at radius 3 is 2.94 bits per heavy atom. The number of likely N-dealkylation sites (tertiary alicyclic amines) is 1. The van der Waals surface area contributed by atoms with Gasteiger partial charge in [-0.15, -0.1) is 11.3 Å².